The van der Waals surface area contributed by atoms with Crippen molar-refractivity contribution in [3.63, 3.8) is 0 Å². The second kappa shape index (κ2) is 6.46. The Morgan fingerprint density at radius 1 is 0.714 bits per heavy atom. The molecular weight excluding hydrogens is 272 g/mol. The van der Waals surface area contributed by atoms with Gasteiger partial charge in [0.25, 0.3) is 0 Å². The minimum Gasteiger partial charge on any atom is -0.399 e. The first kappa shape index (κ1) is 15.1. The van der Waals surface area contributed by atoms with Gasteiger partial charge in [-0.1, -0.05) is 46.8 Å². The van der Waals surface area contributed by atoms with Crippen molar-refractivity contribution in [3.05, 3.63) is 73.8 Å². The molecule has 0 unspecified atom stereocenters. The summed E-state index contributed by atoms with van der Waals surface area (Å²) in [5, 5.41) is 2.70. The number of allylic oxidation sites excluding steroid dienone is 2. The number of anilines is 2. The number of nitrogens with two attached hydrogens (primary N) is 2. The van der Waals surface area contributed by atoms with Crippen LogP contribution < -0.4 is 21.8 Å². The first-order chi connectivity index (χ1) is 10.1. The molecule has 0 atom stereocenters. The van der Waals surface area contributed by atoms with Gasteiger partial charge in [0.05, 0.1) is 0 Å². The maximum atomic E-state index is 5.83. The number of hydrogen-bond donors (Lipinski definition) is 2. The molecular formula is C18H22N2Si. The summed E-state index contributed by atoms with van der Waals surface area (Å²) in [6.07, 6.45) is 4.03. The number of benzene rings is 2. The van der Waals surface area contributed by atoms with E-state index in [2.05, 4.69) is 37.4 Å². The van der Waals surface area contributed by atoms with Crippen molar-refractivity contribution in [2.45, 2.75) is 12.1 Å². The van der Waals surface area contributed by atoms with E-state index in [-0.39, 0.29) is 0 Å². The van der Waals surface area contributed by atoms with Gasteiger partial charge in [0.2, 0.25) is 0 Å². The summed E-state index contributed by atoms with van der Waals surface area (Å²) in [6, 6.07) is 18.4. The molecule has 0 saturated heterocycles. The quantitative estimate of drug-likeness (QED) is 0.489. The van der Waals surface area contributed by atoms with Crippen LogP contribution in [0, 0.1) is 0 Å². The molecule has 2 aromatic carbocycles. The van der Waals surface area contributed by atoms with E-state index in [1.165, 1.54) is 10.4 Å². The Hall–Kier alpha value is -2.26. The molecule has 108 valence electrons. The molecule has 0 radical (unpaired) electrons. The highest BCUT2D eigenvalue weighted by atomic mass is 28.3. The molecule has 0 amide bonds. The van der Waals surface area contributed by atoms with Crippen molar-refractivity contribution >= 4 is 29.8 Å². The Morgan fingerprint density at radius 3 is 1.33 bits per heavy atom. The first-order valence-corrected chi connectivity index (χ1v) is 9.47. The average molecular weight is 294 g/mol. The SMILES string of the molecule is C=CC[Si](CC=C)(c1ccc(N)cc1)c1ccc(N)cc1. The summed E-state index contributed by atoms with van der Waals surface area (Å²) < 4.78 is 0. The highest BCUT2D eigenvalue weighted by Crippen LogP contribution is 2.19. The zero-order valence-electron chi connectivity index (χ0n) is 12.3. The lowest BCUT2D eigenvalue weighted by molar-refractivity contribution is 1.47. The summed E-state index contributed by atoms with van der Waals surface area (Å²) in [5.41, 5.74) is 13.2. The fraction of sp³-hybridized carbons (Fsp3) is 0.111. The maximum absolute atomic E-state index is 5.83. The van der Waals surface area contributed by atoms with E-state index in [1.54, 1.807) is 0 Å². The van der Waals surface area contributed by atoms with Crippen LogP contribution in [0.25, 0.3) is 0 Å². The van der Waals surface area contributed by atoms with Gasteiger partial charge in [-0.3, -0.25) is 0 Å². The Kier molecular flexibility index (Phi) is 4.65. The van der Waals surface area contributed by atoms with Crippen LogP contribution in [0.4, 0.5) is 11.4 Å². The van der Waals surface area contributed by atoms with Crippen LogP contribution >= 0.6 is 0 Å². The van der Waals surface area contributed by atoms with Crippen molar-refractivity contribution < 1.29 is 0 Å². The molecule has 3 heteroatoms. The second-order valence-corrected chi connectivity index (χ2v) is 9.45. The minimum atomic E-state index is -1.94. The Morgan fingerprint density at radius 2 is 1.05 bits per heavy atom. The van der Waals surface area contributed by atoms with Crippen molar-refractivity contribution in [2.24, 2.45) is 0 Å². The molecule has 0 aliphatic carbocycles. The monoisotopic (exact) mass is 294 g/mol. The van der Waals surface area contributed by atoms with Gasteiger partial charge in [-0.05, 0) is 36.4 Å². The highest BCUT2D eigenvalue weighted by molar-refractivity contribution is 7.02. The molecule has 0 heterocycles. The third kappa shape index (κ3) is 3.08. The number of rotatable bonds is 6. The lowest BCUT2D eigenvalue weighted by atomic mass is 10.3. The van der Waals surface area contributed by atoms with Crippen LogP contribution in [-0.4, -0.2) is 8.07 Å². The second-order valence-electron chi connectivity index (χ2n) is 5.31. The molecule has 2 aromatic rings. The Labute approximate surface area is 127 Å². The summed E-state index contributed by atoms with van der Waals surface area (Å²) >= 11 is 0. The van der Waals surface area contributed by atoms with E-state index >= 15 is 0 Å². The molecule has 2 nitrogen and oxygen atoms in total. The van der Waals surface area contributed by atoms with Crippen LogP contribution in [-0.2, 0) is 0 Å². The molecule has 0 bridgehead atoms. The van der Waals surface area contributed by atoms with Crippen molar-refractivity contribution in [1.29, 1.82) is 0 Å². The predicted molar refractivity (Wildman–Crippen MR) is 96.7 cm³/mol. The molecule has 0 aliphatic heterocycles. The van der Waals surface area contributed by atoms with Crippen LogP contribution in [0.3, 0.4) is 0 Å². The van der Waals surface area contributed by atoms with E-state index in [4.69, 9.17) is 11.5 Å². The molecule has 21 heavy (non-hydrogen) atoms. The average Bonchev–Trinajstić information content (AvgIpc) is 2.48. The predicted octanol–water partition coefficient (Wildman–Crippen LogP) is 2.79. The van der Waals surface area contributed by atoms with Gasteiger partial charge < -0.3 is 11.5 Å². The Balaban J connectivity index is 2.61. The third-order valence-electron chi connectivity index (χ3n) is 3.91. The van der Waals surface area contributed by atoms with Gasteiger partial charge in [0, 0.05) is 11.4 Å². The van der Waals surface area contributed by atoms with E-state index in [1.807, 2.05) is 36.4 Å². The van der Waals surface area contributed by atoms with Gasteiger partial charge in [0.1, 0.15) is 8.07 Å². The van der Waals surface area contributed by atoms with Crippen LogP contribution in [0.5, 0.6) is 0 Å². The standard InChI is InChI=1S/C18H22N2Si/c1-3-13-21(14-4-2,17-9-5-15(19)6-10-17)18-11-7-16(20)8-12-18/h3-12H,1-2,13-14,19-20H2. The zero-order chi connectivity index (χ0) is 15.3. The lowest BCUT2D eigenvalue weighted by Gasteiger charge is -2.31. The molecule has 0 aromatic heterocycles. The summed E-state index contributed by atoms with van der Waals surface area (Å²) in [6.45, 7) is 7.93. The summed E-state index contributed by atoms with van der Waals surface area (Å²) in [4.78, 5) is 0. The largest absolute Gasteiger partial charge is 0.399 e. The van der Waals surface area contributed by atoms with E-state index in [0.29, 0.717) is 0 Å². The fourth-order valence-electron chi connectivity index (χ4n) is 2.82. The van der Waals surface area contributed by atoms with Crippen LogP contribution in [0.2, 0.25) is 12.1 Å². The lowest BCUT2D eigenvalue weighted by Crippen LogP contribution is -2.57. The molecule has 0 saturated carbocycles. The molecule has 0 spiro atoms. The first-order valence-electron chi connectivity index (χ1n) is 7.06. The van der Waals surface area contributed by atoms with Gasteiger partial charge in [0.15, 0.2) is 0 Å². The number of nitrogen functional groups attached to an aromatic ring is 2. The van der Waals surface area contributed by atoms with E-state index < -0.39 is 8.07 Å². The van der Waals surface area contributed by atoms with Gasteiger partial charge in [-0.2, -0.15) is 0 Å². The zero-order valence-corrected chi connectivity index (χ0v) is 13.3. The minimum absolute atomic E-state index is 0.788. The van der Waals surface area contributed by atoms with Crippen LogP contribution in [0.15, 0.2) is 73.8 Å². The van der Waals surface area contributed by atoms with Gasteiger partial charge in [-0.25, -0.2) is 0 Å². The molecule has 0 aliphatic rings. The van der Waals surface area contributed by atoms with Crippen LogP contribution in [0.1, 0.15) is 0 Å². The Bertz CT molecular complexity index is 557. The third-order valence-corrected chi connectivity index (χ3v) is 8.76. The molecule has 0 fully saturated rings. The van der Waals surface area contributed by atoms with Crippen molar-refractivity contribution in [2.75, 3.05) is 11.5 Å². The highest BCUT2D eigenvalue weighted by Gasteiger charge is 2.34. The molecule has 4 N–H and O–H groups in total. The van der Waals surface area contributed by atoms with Gasteiger partial charge >= 0.3 is 0 Å². The summed E-state index contributed by atoms with van der Waals surface area (Å²) in [7, 11) is -1.94. The normalized spacial score (nSPS) is 11.0. The number of hydrogen-bond acceptors (Lipinski definition) is 2. The molecule has 2 rings (SSSR count). The van der Waals surface area contributed by atoms with Crippen molar-refractivity contribution in [1.82, 2.24) is 0 Å². The van der Waals surface area contributed by atoms with Crippen molar-refractivity contribution in [3.8, 4) is 0 Å². The fourth-order valence-corrected chi connectivity index (χ4v) is 6.86. The maximum Gasteiger partial charge on any atom is 0.125 e. The smallest absolute Gasteiger partial charge is 0.125 e. The van der Waals surface area contributed by atoms with Gasteiger partial charge in [-0.15, -0.1) is 13.2 Å². The topological polar surface area (TPSA) is 52.0 Å². The van der Waals surface area contributed by atoms with E-state index in [9.17, 15) is 0 Å². The summed E-state index contributed by atoms with van der Waals surface area (Å²) in [5.74, 6) is 0. The van der Waals surface area contributed by atoms with E-state index in [0.717, 1.165) is 23.5 Å².